The van der Waals surface area contributed by atoms with E-state index in [4.69, 9.17) is 15.9 Å². The summed E-state index contributed by atoms with van der Waals surface area (Å²) in [6, 6.07) is 6.35. The third-order valence-corrected chi connectivity index (χ3v) is 2.69. The van der Waals surface area contributed by atoms with Crippen LogP contribution < -0.4 is 14.8 Å². The minimum Gasteiger partial charge on any atom is -0.486 e. The molecule has 0 amide bonds. The molecule has 1 aliphatic rings. The predicted octanol–water partition coefficient (Wildman–Crippen LogP) is 1.96. The highest BCUT2D eigenvalue weighted by Crippen LogP contribution is 2.30. The number of benzene rings is 1. The second kappa shape index (κ2) is 5.60. The lowest BCUT2D eigenvalue weighted by molar-refractivity contribution is 0.171. The summed E-state index contributed by atoms with van der Waals surface area (Å²) in [5.74, 6) is 4.31. The second-order valence-electron chi connectivity index (χ2n) is 4.17. The average Bonchev–Trinajstić information content (AvgIpc) is 2.36. The van der Waals surface area contributed by atoms with E-state index in [1.807, 2.05) is 18.2 Å². The molecule has 0 saturated heterocycles. The van der Waals surface area contributed by atoms with Crippen molar-refractivity contribution in [1.29, 1.82) is 0 Å². The molecule has 0 spiro atoms. The maximum atomic E-state index is 5.53. The van der Waals surface area contributed by atoms with Crippen LogP contribution in [0.25, 0.3) is 0 Å². The zero-order valence-electron chi connectivity index (χ0n) is 10.0. The van der Waals surface area contributed by atoms with Crippen molar-refractivity contribution in [2.75, 3.05) is 13.2 Å². The van der Waals surface area contributed by atoms with Gasteiger partial charge in [0, 0.05) is 19.0 Å². The highest BCUT2D eigenvalue weighted by atomic mass is 16.6. The molecular weight excluding hydrogens is 214 g/mol. The van der Waals surface area contributed by atoms with Crippen LogP contribution in [0.3, 0.4) is 0 Å². The van der Waals surface area contributed by atoms with E-state index < -0.39 is 0 Å². The third-order valence-electron chi connectivity index (χ3n) is 2.69. The zero-order valence-corrected chi connectivity index (χ0v) is 10.0. The molecule has 3 heteroatoms. The SMILES string of the molecule is C#CCC(C)NCc1ccc2c(c1)OCCO2. The standard InChI is InChI=1S/C14H17NO2/c1-3-4-11(2)15-10-12-5-6-13-14(9-12)17-8-7-16-13/h1,5-6,9,11,15H,4,7-8,10H2,2H3. The molecule has 0 bridgehead atoms. The van der Waals surface area contributed by atoms with Crippen molar-refractivity contribution in [3.63, 3.8) is 0 Å². The van der Waals surface area contributed by atoms with E-state index in [0.717, 1.165) is 24.5 Å². The summed E-state index contributed by atoms with van der Waals surface area (Å²) < 4.78 is 11.0. The third kappa shape index (κ3) is 3.15. The topological polar surface area (TPSA) is 30.5 Å². The lowest BCUT2D eigenvalue weighted by atomic mass is 10.1. The monoisotopic (exact) mass is 231 g/mol. The van der Waals surface area contributed by atoms with Crippen molar-refractivity contribution in [1.82, 2.24) is 5.32 Å². The van der Waals surface area contributed by atoms with E-state index in [-0.39, 0.29) is 0 Å². The molecule has 0 aromatic heterocycles. The van der Waals surface area contributed by atoms with Gasteiger partial charge in [-0.25, -0.2) is 0 Å². The van der Waals surface area contributed by atoms with E-state index in [0.29, 0.717) is 19.3 Å². The van der Waals surface area contributed by atoms with Gasteiger partial charge in [0.05, 0.1) is 0 Å². The molecule has 0 radical (unpaired) electrons. The molecule has 3 nitrogen and oxygen atoms in total. The van der Waals surface area contributed by atoms with Crippen molar-refractivity contribution in [3.8, 4) is 23.8 Å². The number of terminal acetylenes is 1. The number of fused-ring (bicyclic) bond motifs is 1. The molecule has 17 heavy (non-hydrogen) atoms. The maximum absolute atomic E-state index is 5.53. The molecule has 1 unspecified atom stereocenters. The summed E-state index contributed by atoms with van der Waals surface area (Å²) in [6.07, 6.45) is 6.00. The quantitative estimate of drug-likeness (QED) is 0.803. The van der Waals surface area contributed by atoms with Crippen LogP contribution in [0.5, 0.6) is 11.5 Å². The first-order chi connectivity index (χ1) is 8.29. The van der Waals surface area contributed by atoms with Gasteiger partial charge in [-0.2, -0.15) is 0 Å². The van der Waals surface area contributed by atoms with E-state index in [1.165, 1.54) is 5.56 Å². The van der Waals surface area contributed by atoms with Crippen LogP contribution in [0.2, 0.25) is 0 Å². The largest absolute Gasteiger partial charge is 0.486 e. The lowest BCUT2D eigenvalue weighted by Gasteiger charge is -2.19. The van der Waals surface area contributed by atoms with Crippen LogP contribution in [0.4, 0.5) is 0 Å². The molecule has 1 aliphatic heterocycles. The molecular formula is C14H17NO2. The normalized spacial score (nSPS) is 15.1. The van der Waals surface area contributed by atoms with Gasteiger partial charge in [0.25, 0.3) is 0 Å². The Hall–Kier alpha value is -1.66. The van der Waals surface area contributed by atoms with Crippen LogP contribution in [0, 0.1) is 12.3 Å². The fourth-order valence-corrected chi connectivity index (χ4v) is 1.74. The molecule has 0 saturated carbocycles. The number of rotatable bonds is 4. The first-order valence-electron chi connectivity index (χ1n) is 5.85. The Bertz CT molecular complexity index is 423. The average molecular weight is 231 g/mol. The molecule has 1 aromatic carbocycles. The van der Waals surface area contributed by atoms with Crippen molar-refractivity contribution < 1.29 is 9.47 Å². The minimum absolute atomic E-state index is 0.327. The number of hydrogen-bond donors (Lipinski definition) is 1. The van der Waals surface area contributed by atoms with Crippen molar-refractivity contribution >= 4 is 0 Å². The summed E-state index contributed by atoms with van der Waals surface area (Å²) in [6.45, 7) is 4.12. The van der Waals surface area contributed by atoms with E-state index in [1.54, 1.807) is 0 Å². The summed E-state index contributed by atoms with van der Waals surface area (Å²) in [7, 11) is 0. The Kier molecular flexibility index (Phi) is 3.89. The van der Waals surface area contributed by atoms with Crippen LogP contribution in [0.15, 0.2) is 18.2 Å². The van der Waals surface area contributed by atoms with Crippen molar-refractivity contribution in [2.45, 2.75) is 25.9 Å². The molecule has 1 N–H and O–H groups in total. The van der Waals surface area contributed by atoms with E-state index >= 15 is 0 Å². The minimum atomic E-state index is 0.327. The Morgan fingerprint density at radius 1 is 1.35 bits per heavy atom. The Morgan fingerprint density at radius 3 is 2.88 bits per heavy atom. The molecule has 1 heterocycles. The first-order valence-corrected chi connectivity index (χ1v) is 5.85. The second-order valence-corrected chi connectivity index (χ2v) is 4.17. The summed E-state index contributed by atoms with van der Waals surface area (Å²) in [4.78, 5) is 0. The highest BCUT2D eigenvalue weighted by Gasteiger charge is 2.11. The van der Waals surface area contributed by atoms with Crippen molar-refractivity contribution in [2.24, 2.45) is 0 Å². The predicted molar refractivity (Wildman–Crippen MR) is 67.2 cm³/mol. The molecule has 2 rings (SSSR count). The smallest absolute Gasteiger partial charge is 0.161 e. The lowest BCUT2D eigenvalue weighted by Crippen LogP contribution is -2.25. The fourth-order valence-electron chi connectivity index (χ4n) is 1.74. The fraction of sp³-hybridized carbons (Fsp3) is 0.429. The van der Waals surface area contributed by atoms with Gasteiger partial charge in [-0.1, -0.05) is 6.07 Å². The van der Waals surface area contributed by atoms with Gasteiger partial charge in [0.15, 0.2) is 11.5 Å². The Morgan fingerprint density at radius 2 is 2.12 bits per heavy atom. The molecule has 1 atom stereocenters. The summed E-state index contributed by atoms with van der Waals surface area (Å²) >= 11 is 0. The van der Waals surface area contributed by atoms with Gasteiger partial charge in [0.2, 0.25) is 0 Å². The summed E-state index contributed by atoms with van der Waals surface area (Å²) in [5, 5.41) is 3.37. The maximum Gasteiger partial charge on any atom is 0.161 e. The van der Waals surface area contributed by atoms with Gasteiger partial charge < -0.3 is 14.8 Å². The van der Waals surface area contributed by atoms with Crippen molar-refractivity contribution in [3.05, 3.63) is 23.8 Å². The van der Waals surface area contributed by atoms with Crippen LogP contribution in [-0.4, -0.2) is 19.3 Å². The first kappa shape index (κ1) is 11.8. The van der Waals surface area contributed by atoms with Gasteiger partial charge in [-0.05, 0) is 24.6 Å². The van der Waals surface area contributed by atoms with Gasteiger partial charge in [0.1, 0.15) is 13.2 Å². The number of nitrogens with one attached hydrogen (secondary N) is 1. The Labute approximate surface area is 102 Å². The zero-order chi connectivity index (χ0) is 12.1. The molecule has 90 valence electrons. The van der Waals surface area contributed by atoms with Crippen LogP contribution in [0.1, 0.15) is 18.9 Å². The number of ether oxygens (including phenoxy) is 2. The number of hydrogen-bond acceptors (Lipinski definition) is 3. The summed E-state index contributed by atoms with van der Waals surface area (Å²) in [5.41, 5.74) is 1.18. The van der Waals surface area contributed by atoms with Gasteiger partial charge in [-0.3, -0.25) is 0 Å². The van der Waals surface area contributed by atoms with E-state index in [2.05, 4.69) is 18.2 Å². The van der Waals surface area contributed by atoms with Crippen LogP contribution in [-0.2, 0) is 6.54 Å². The molecule has 1 aromatic rings. The Balaban J connectivity index is 1.95. The highest BCUT2D eigenvalue weighted by molar-refractivity contribution is 5.43. The van der Waals surface area contributed by atoms with Gasteiger partial charge >= 0.3 is 0 Å². The van der Waals surface area contributed by atoms with E-state index in [9.17, 15) is 0 Å². The molecule has 0 aliphatic carbocycles. The van der Waals surface area contributed by atoms with Gasteiger partial charge in [-0.15, -0.1) is 12.3 Å². The van der Waals surface area contributed by atoms with Crippen LogP contribution >= 0.6 is 0 Å². The molecule has 0 fully saturated rings.